The number of rotatable bonds is 6. The number of hydrogen-bond acceptors (Lipinski definition) is 4. The van der Waals surface area contributed by atoms with Crippen LogP contribution in [0, 0.1) is 0 Å². The van der Waals surface area contributed by atoms with Crippen molar-refractivity contribution in [3.8, 4) is 0 Å². The second-order valence-corrected chi connectivity index (χ2v) is 6.32. The highest BCUT2D eigenvalue weighted by Gasteiger charge is 2.21. The summed E-state index contributed by atoms with van der Waals surface area (Å²) >= 11 is 0. The maximum atomic E-state index is 4.33. The average Bonchev–Trinajstić information content (AvgIpc) is 2.52. The molecule has 0 amide bonds. The van der Waals surface area contributed by atoms with E-state index in [-0.39, 0.29) is 0 Å². The van der Waals surface area contributed by atoms with Crippen LogP contribution in [-0.2, 0) is 6.54 Å². The van der Waals surface area contributed by atoms with E-state index < -0.39 is 0 Å². The number of pyridine rings is 1. The maximum absolute atomic E-state index is 4.33. The van der Waals surface area contributed by atoms with E-state index >= 15 is 0 Å². The fraction of sp³-hybridized carbons (Fsp3) is 0.706. The van der Waals surface area contributed by atoms with Gasteiger partial charge in [-0.1, -0.05) is 20.8 Å². The van der Waals surface area contributed by atoms with Crippen LogP contribution < -0.4 is 10.2 Å². The molecule has 1 unspecified atom stereocenters. The number of hydrogen-bond donors (Lipinski definition) is 1. The Labute approximate surface area is 129 Å². The van der Waals surface area contributed by atoms with Gasteiger partial charge in [-0.25, -0.2) is 0 Å². The molecule has 4 nitrogen and oxygen atoms in total. The molecule has 1 fully saturated rings. The molecule has 118 valence electrons. The van der Waals surface area contributed by atoms with Gasteiger partial charge in [-0.05, 0) is 25.0 Å². The topological polar surface area (TPSA) is 31.4 Å². The lowest BCUT2D eigenvalue weighted by Gasteiger charge is -2.39. The van der Waals surface area contributed by atoms with Crippen molar-refractivity contribution in [3.63, 3.8) is 0 Å². The zero-order valence-electron chi connectivity index (χ0n) is 14.0. The summed E-state index contributed by atoms with van der Waals surface area (Å²) in [6.45, 7) is 14.4. The van der Waals surface area contributed by atoms with Crippen molar-refractivity contribution < 1.29 is 0 Å². The Bertz CT molecular complexity index is 425. The van der Waals surface area contributed by atoms with E-state index in [9.17, 15) is 0 Å². The molecule has 0 saturated carbocycles. The van der Waals surface area contributed by atoms with Crippen LogP contribution in [0.4, 0.5) is 5.69 Å². The third-order valence-electron chi connectivity index (χ3n) is 4.46. The molecule has 0 aromatic carbocycles. The number of anilines is 1. The highest BCUT2D eigenvalue weighted by atomic mass is 15.3. The van der Waals surface area contributed by atoms with Crippen LogP contribution >= 0.6 is 0 Å². The lowest BCUT2D eigenvalue weighted by molar-refractivity contribution is 0.192. The van der Waals surface area contributed by atoms with E-state index in [0.717, 1.165) is 32.7 Å². The van der Waals surface area contributed by atoms with E-state index in [2.05, 4.69) is 53.9 Å². The van der Waals surface area contributed by atoms with Gasteiger partial charge in [-0.3, -0.25) is 9.88 Å². The first-order valence-corrected chi connectivity index (χ1v) is 8.27. The fourth-order valence-corrected chi connectivity index (χ4v) is 2.83. The van der Waals surface area contributed by atoms with Gasteiger partial charge in [0.2, 0.25) is 0 Å². The van der Waals surface area contributed by atoms with E-state index in [0.29, 0.717) is 12.1 Å². The predicted molar refractivity (Wildman–Crippen MR) is 89.8 cm³/mol. The van der Waals surface area contributed by atoms with Gasteiger partial charge in [0.15, 0.2) is 0 Å². The minimum atomic E-state index is 0.508. The highest BCUT2D eigenvalue weighted by molar-refractivity contribution is 5.52. The van der Waals surface area contributed by atoms with Crippen LogP contribution in [0.15, 0.2) is 18.5 Å². The van der Waals surface area contributed by atoms with Gasteiger partial charge in [0.05, 0.1) is 11.9 Å². The molecule has 1 N–H and O–H groups in total. The minimum absolute atomic E-state index is 0.508. The average molecular weight is 290 g/mol. The van der Waals surface area contributed by atoms with Gasteiger partial charge >= 0.3 is 0 Å². The third-order valence-corrected chi connectivity index (χ3v) is 4.46. The first kappa shape index (κ1) is 16.2. The molecule has 2 rings (SSSR count). The van der Waals surface area contributed by atoms with Gasteiger partial charge in [0.25, 0.3) is 0 Å². The standard InChI is InChI=1S/C17H30N4/c1-5-15(4)20-8-10-21(11-9-20)17-13-18-7-6-16(17)12-19-14(2)3/h6-7,13-15,19H,5,8-12H2,1-4H3. The Balaban J connectivity index is 1.99. The van der Waals surface area contributed by atoms with Gasteiger partial charge in [0.1, 0.15) is 0 Å². The molecule has 0 radical (unpaired) electrons. The second kappa shape index (κ2) is 7.76. The molecule has 1 aromatic rings. The van der Waals surface area contributed by atoms with Crippen molar-refractivity contribution in [2.45, 2.75) is 52.7 Å². The van der Waals surface area contributed by atoms with Crippen molar-refractivity contribution in [2.24, 2.45) is 0 Å². The Morgan fingerprint density at radius 1 is 1.19 bits per heavy atom. The maximum Gasteiger partial charge on any atom is 0.0599 e. The van der Waals surface area contributed by atoms with Crippen LogP contribution in [0.3, 0.4) is 0 Å². The van der Waals surface area contributed by atoms with Crippen LogP contribution in [-0.4, -0.2) is 48.1 Å². The van der Waals surface area contributed by atoms with Crippen molar-refractivity contribution in [3.05, 3.63) is 24.0 Å². The summed E-state index contributed by atoms with van der Waals surface area (Å²) in [7, 11) is 0. The predicted octanol–water partition coefficient (Wildman–Crippen LogP) is 2.50. The molecule has 0 bridgehead atoms. The van der Waals surface area contributed by atoms with Crippen molar-refractivity contribution >= 4 is 5.69 Å². The molecule has 1 saturated heterocycles. The molecule has 2 heterocycles. The lowest BCUT2D eigenvalue weighted by atomic mass is 10.1. The molecular weight excluding hydrogens is 260 g/mol. The quantitative estimate of drug-likeness (QED) is 0.872. The zero-order valence-corrected chi connectivity index (χ0v) is 14.0. The van der Waals surface area contributed by atoms with Crippen LogP contribution in [0.1, 0.15) is 39.7 Å². The SMILES string of the molecule is CCC(C)N1CCN(c2cnccc2CNC(C)C)CC1. The molecule has 0 spiro atoms. The van der Waals surface area contributed by atoms with Gasteiger partial charge in [-0.15, -0.1) is 0 Å². The van der Waals surface area contributed by atoms with Crippen LogP contribution in [0.2, 0.25) is 0 Å². The highest BCUT2D eigenvalue weighted by Crippen LogP contribution is 2.21. The number of aromatic nitrogens is 1. The van der Waals surface area contributed by atoms with Gasteiger partial charge in [0, 0.05) is 51.0 Å². The van der Waals surface area contributed by atoms with Crippen molar-refractivity contribution in [1.82, 2.24) is 15.2 Å². The normalized spacial score (nSPS) is 18.2. The molecule has 1 aliphatic rings. The van der Waals surface area contributed by atoms with Gasteiger partial charge < -0.3 is 10.2 Å². The third kappa shape index (κ3) is 4.42. The molecule has 4 heteroatoms. The summed E-state index contributed by atoms with van der Waals surface area (Å²) in [5.41, 5.74) is 2.66. The van der Waals surface area contributed by atoms with Crippen molar-refractivity contribution in [2.75, 3.05) is 31.1 Å². The molecule has 1 aliphatic heterocycles. The fourth-order valence-electron chi connectivity index (χ4n) is 2.83. The van der Waals surface area contributed by atoms with E-state index in [4.69, 9.17) is 0 Å². The minimum Gasteiger partial charge on any atom is -0.367 e. The Morgan fingerprint density at radius 3 is 2.52 bits per heavy atom. The lowest BCUT2D eigenvalue weighted by Crippen LogP contribution is -2.49. The van der Waals surface area contributed by atoms with Crippen LogP contribution in [0.5, 0.6) is 0 Å². The summed E-state index contributed by atoms with van der Waals surface area (Å²) in [6.07, 6.45) is 5.16. The molecule has 21 heavy (non-hydrogen) atoms. The van der Waals surface area contributed by atoms with E-state index in [1.165, 1.54) is 17.7 Å². The smallest absolute Gasteiger partial charge is 0.0599 e. The monoisotopic (exact) mass is 290 g/mol. The second-order valence-electron chi connectivity index (χ2n) is 6.32. The Morgan fingerprint density at radius 2 is 1.90 bits per heavy atom. The Hall–Kier alpha value is -1.13. The van der Waals surface area contributed by atoms with Crippen molar-refractivity contribution in [1.29, 1.82) is 0 Å². The summed E-state index contributed by atoms with van der Waals surface area (Å²) in [6, 6.07) is 3.35. The number of nitrogens with zero attached hydrogens (tertiary/aromatic N) is 3. The van der Waals surface area contributed by atoms with E-state index in [1.807, 2.05) is 12.4 Å². The zero-order chi connectivity index (χ0) is 15.2. The molecular formula is C17H30N4. The summed E-state index contributed by atoms with van der Waals surface area (Å²) in [5, 5.41) is 3.51. The van der Waals surface area contributed by atoms with Gasteiger partial charge in [-0.2, -0.15) is 0 Å². The summed E-state index contributed by atoms with van der Waals surface area (Å²) in [4.78, 5) is 9.42. The number of piperazine rings is 1. The largest absolute Gasteiger partial charge is 0.367 e. The Kier molecular flexibility index (Phi) is 6.00. The first-order valence-electron chi connectivity index (χ1n) is 8.27. The summed E-state index contributed by atoms with van der Waals surface area (Å²) < 4.78 is 0. The molecule has 1 aromatic heterocycles. The molecule has 1 atom stereocenters. The molecule has 0 aliphatic carbocycles. The first-order chi connectivity index (χ1) is 10.1. The van der Waals surface area contributed by atoms with E-state index in [1.54, 1.807) is 0 Å². The number of nitrogens with one attached hydrogen (secondary N) is 1. The summed E-state index contributed by atoms with van der Waals surface area (Å²) in [5.74, 6) is 0. The van der Waals surface area contributed by atoms with Crippen LogP contribution in [0.25, 0.3) is 0 Å².